The lowest BCUT2D eigenvalue weighted by atomic mass is 10.2. The lowest BCUT2D eigenvalue weighted by Gasteiger charge is -2.21. The van der Waals surface area contributed by atoms with E-state index in [1.54, 1.807) is 0 Å². The van der Waals surface area contributed by atoms with Crippen molar-refractivity contribution in [2.45, 2.75) is 20.0 Å². The molecule has 0 bridgehead atoms. The monoisotopic (exact) mass is 413 g/mol. The highest BCUT2D eigenvalue weighted by Crippen LogP contribution is 2.17. The van der Waals surface area contributed by atoms with Crippen LogP contribution in [0.3, 0.4) is 0 Å². The van der Waals surface area contributed by atoms with Gasteiger partial charge in [-0.3, -0.25) is 14.7 Å². The second-order valence-corrected chi connectivity index (χ2v) is 7.73. The van der Waals surface area contributed by atoms with Crippen LogP contribution < -0.4 is 10.6 Å². The Hall–Kier alpha value is -3.77. The van der Waals surface area contributed by atoms with E-state index in [0.717, 1.165) is 35.7 Å². The number of amides is 2. The molecule has 158 valence electrons. The van der Waals surface area contributed by atoms with E-state index in [2.05, 4.69) is 58.1 Å². The molecule has 1 heterocycles. The number of carbonyl (C=O) groups is 1. The Balaban J connectivity index is 1.29. The number of carbonyl (C=O) groups excluding carboxylic acids is 1. The fourth-order valence-electron chi connectivity index (χ4n) is 3.47. The quantitative estimate of drug-likeness (QED) is 0.380. The molecule has 4 aromatic rings. The maximum atomic E-state index is 12.2. The predicted octanol–water partition coefficient (Wildman–Crippen LogP) is 5.39. The second kappa shape index (κ2) is 9.36. The minimum atomic E-state index is -0.257. The van der Waals surface area contributed by atoms with Crippen molar-refractivity contribution < 1.29 is 4.79 Å². The molecule has 2 amide bonds. The number of aromatic nitrogens is 2. The van der Waals surface area contributed by atoms with Crippen molar-refractivity contribution in [3.8, 4) is 5.69 Å². The number of para-hydroxylation sites is 1. The number of nitrogens with one attached hydrogen (secondary N) is 3. The van der Waals surface area contributed by atoms with Gasteiger partial charge in [0.1, 0.15) is 0 Å². The Labute approximate surface area is 182 Å². The molecule has 0 aliphatic rings. The van der Waals surface area contributed by atoms with Crippen LogP contribution in [-0.4, -0.2) is 27.8 Å². The summed E-state index contributed by atoms with van der Waals surface area (Å²) in [5.74, 6) is 0. The number of aromatic amines is 1. The van der Waals surface area contributed by atoms with Crippen LogP contribution in [0.4, 0.5) is 16.2 Å². The second-order valence-electron chi connectivity index (χ2n) is 7.73. The largest absolute Gasteiger partial charge is 0.323 e. The summed E-state index contributed by atoms with van der Waals surface area (Å²) in [5.41, 5.74) is 6.04. The highest BCUT2D eigenvalue weighted by Gasteiger charge is 2.09. The van der Waals surface area contributed by atoms with Crippen LogP contribution in [0.2, 0.25) is 0 Å². The molecular weight excluding hydrogens is 386 g/mol. The van der Waals surface area contributed by atoms with Crippen LogP contribution in [0.15, 0.2) is 85.1 Å². The van der Waals surface area contributed by atoms with Gasteiger partial charge in [-0.25, -0.2) is 4.79 Å². The summed E-state index contributed by atoms with van der Waals surface area (Å²) >= 11 is 0. The highest BCUT2D eigenvalue weighted by molar-refractivity contribution is 6.00. The van der Waals surface area contributed by atoms with Crippen molar-refractivity contribution in [3.63, 3.8) is 0 Å². The summed E-state index contributed by atoms with van der Waals surface area (Å²) in [6.07, 6.45) is 2.09. The van der Waals surface area contributed by atoms with Gasteiger partial charge in [0, 0.05) is 30.7 Å². The maximum absolute atomic E-state index is 12.2. The number of H-pyrrole nitrogens is 1. The van der Waals surface area contributed by atoms with Crippen LogP contribution in [0.1, 0.15) is 16.8 Å². The first-order valence-electron chi connectivity index (χ1n) is 10.3. The molecule has 0 radical (unpaired) electrons. The summed E-state index contributed by atoms with van der Waals surface area (Å²) < 4.78 is 1.98. The van der Waals surface area contributed by atoms with E-state index in [1.165, 1.54) is 11.3 Å². The number of rotatable bonds is 7. The third-order valence-corrected chi connectivity index (χ3v) is 5.08. The number of urea groups is 1. The molecule has 6 heteroatoms. The van der Waals surface area contributed by atoms with Crippen LogP contribution in [0.25, 0.3) is 5.69 Å². The van der Waals surface area contributed by atoms with Gasteiger partial charge in [-0.05, 0) is 55.4 Å². The van der Waals surface area contributed by atoms with Crippen molar-refractivity contribution in [1.29, 1.82) is 0 Å². The molecular formula is C25H27N5O. The van der Waals surface area contributed by atoms with E-state index >= 15 is 0 Å². The standard InChI is InChI=1S/C25H27N5O/c1-19-8-6-7-11-24(19)27-25(31)26-21-12-14-23(15-13-21)30-18-22(28-30)17-29(2)16-20-9-4-3-5-10-20/h3-15,18,28H,16-17H2,1-2H3,(H2,26,27,31). The number of aryl methyl sites for hydroxylation is 1. The smallest absolute Gasteiger partial charge is 0.308 e. The SMILES string of the molecule is Cc1ccccc1NC(=O)Nc1ccc(-n2cc(CN(C)Cc3ccccc3)[nH]2)cc1. The lowest BCUT2D eigenvalue weighted by Crippen LogP contribution is -2.22. The average molecular weight is 414 g/mol. The first-order valence-corrected chi connectivity index (χ1v) is 10.3. The number of anilines is 2. The van der Waals surface area contributed by atoms with Gasteiger partial charge in [0.25, 0.3) is 0 Å². The van der Waals surface area contributed by atoms with Crippen LogP contribution in [0, 0.1) is 6.92 Å². The van der Waals surface area contributed by atoms with Crippen LogP contribution >= 0.6 is 0 Å². The fraction of sp³-hybridized carbons (Fsp3) is 0.160. The van der Waals surface area contributed by atoms with E-state index < -0.39 is 0 Å². The molecule has 3 N–H and O–H groups in total. The van der Waals surface area contributed by atoms with Crippen molar-refractivity contribution in [2.24, 2.45) is 0 Å². The molecule has 0 saturated heterocycles. The maximum Gasteiger partial charge on any atom is 0.323 e. The number of hydrogen-bond donors (Lipinski definition) is 3. The Morgan fingerprint density at radius 3 is 2.29 bits per heavy atom. The zero-order valence-corrected chi connectivity index (χ0v) is 17.8. The minimum absolute atomic E-state index is 0.257. The fourth-order valence-corrected chi connectivity index (χ4v) is 3.47. The molecule has 1 aromatic heterocycles. The summed E-state index contributed by atoms with van der Waals surface area (Å²) in [4.78, 5) is 14.5. The summed E-state index contributed by atoms with van der Waals surface area (Å²) in [5, 5.41) is 9.10. The first kappa shape index (κ1) is 20.5. The predicted molar refractivity (Wildman–Crippen MR) is 126 cm³/mol. The van der Waals surface area contributed by atoms with Gasteiger partial charge in [-0.2, -0.15) is 0 Å². The van der Waals surface area contributed by atoms with Gasteiger partial charge in [-0.1, -0.05) is 48.5 Å². The van der Waals surface area contributed by atoms with Crippen molar-refractivity contribution in [3.05, 3.63) is 102 Å². The first-order chi connectivity index (χ1) is 15.1. The van der Waals surface area contributed by atoms with Crippen LogP contribution in [-0.2, 0) is 13.1 Å². The Bertz CT molecular complexity index is 1120. The summed E-state index contributed by atoms with van der Waals surface area (Å²) in [7, 11) is 2.11. The van der Waals surface area contributed by atoms with Crippen molar-refractivity contribution >= 4 is 17.4 Å². The molecule has 0 unspecified atom stereocenters. The Kier molecular flexibility index (Phi) is 6.19. The number of nitrogens with zero attached hydrogens (tertiary/aromatic N) is 2. The van der Waals surface area contributed by atoms with Crippen molar-refractivity contribution in [1.82, 2.24) is 14.7 Å². The topological polar surface area (TPSA) is 65.1 Å². The van der Waals surface area contributed by atoms with Crippen LogP contribution in [0.5, 0.6) is 0 Å². The zero-order chi connectivity index (χ0) is 21.6. The number of benzene rings is 3. The normalized spacial score (nSPS) is 10.9. The van der Waals surface area contributed by atoms with Gasteiger partial charge in [0.15, 0.2) is 0 Å². The van der Waals surface area contributed by atoms with E-state index in [1.807, 2.05) is 66.2 Å². The molecule has 4 rings (SSSR count). The molecule has 3 aromatic carbocycles. The number of hydrogen-bond acceptors (Lipinski definition) is 2. The minimum Gasteiger partial charge on any atom is -0.308 e. The van der Waals surface area contributed by atoms with E-state index in [9.17, 15) is 4.79 Å². The molecule has 0 atom stereocenters. The third-order valence-electron chi connectivity index (χ3n) is 5.08. The molecule has 0 aliphatic heterocycles. The van der Waals surface area contributed by atoms with Crippen molar-refractivity contribution in [2.75, 3.05) is 17.7 Å². The van der Waals surface area contributed by atoms with Gasteiger partial charge in [-0.15, -0.1) is 0 Å². The van der Waals surface area contributed by atoms with E-state index in [0.29, 0.717) is 0 Å². The Morgan fingerprint density at radius 1 is 0.903 bits per heavy atom. The summed E-state index contributed by atoms with van der Waals surface area (Å²) in [6.45, 7) is 3.72. The van der Waals surface area contributed by atoms with Gasteiger partial charge in [0.2, 0.25) is 0 Å². The molecule has 0 spiro atoms. The molecule has 0 saturated carbocycles. The average Bonchev–Trinajstić information content (AvgIpc) is 2.74. The Morgan fingerprint density at radius 2 is 1.58 bits per heavy atom. The molecule has 0 aliphatic carbocycles. The van der Waals surface area contributed by atoms with E-state index in [4.69, 9.17) is 0 Å². The zero-order valence-electron chi connectivity index (χ0n) is 17.8. The van der Waals surface area contributed by atoms with Gasteiger partial charge >= 0.3 is 6.03 Å². The molecule has 31 heavy (non-hydrogen) atoms. The molecule has 0 fully saturated rings. The molecule has 6 nitrogen and oxygen atoms in total. The van der Waals surface area contributed by atoms with E-state index in [-0.39, 0.29) is 6.03 Å². The van der Waals surface area contributed by atoms with Gasteiger partial charge in [0.05, 0.1) is 11.4 Å². The summed E-state index contributed by atoms with van der Waals surface area (Å²) in [6, 6.07) is 25.6. The van der Waals surface area contributed by atoms with Gasteiger partial charge < -0.3 is 10.6 Å². The lowest BCUT2D eigenvalue weighted by molar-refractivity contribution is 0.262. The third kappa shape index (κ3) is 5.43. The highest BCUT2D eigenvalue weighted by atomic mass is 16.2.